The lowest BCUT2D eigenvalue weighted by Gasteiger charge is -2.20. The van der Waals surface area contributed by atoms with Gasteiger partial charge in [0.2, 0.25) is 0 Å². The topological polar surface area (TPSA) is 55.8 Å². The highest BCUT2D eigenvalue weighted by atomic mass is 16.7. The van der Waals surface area contributed by atoms with Crippen molar-refractivity contribution >= 4 is 6.16 Å². The Labute approximate surface area is 74.8 Å². The second kappa shape index (κ2) is 2.97. The van der Waals surface area contributed by atoms with E-state index < -0.39 is 6.16 Å². The first kappa shape index (κ1) is 7.91. The van der Waals surface area contributed by atoms with Crippen LogP contribution < -0.4 is 0 Å². The van der Waals surface area contributed by atoms with Crippen LogP contribution in [-0.4, -0.2) is 17.4 Å². The van der Waals surface area contributed by atoms with Crippen LogP contribution in [0.25, 0.3) is 0 Å². The Kier molecular flexibility index (Phi) is 1.81. The zero-order chi connectivity index (χ0) is 9.26. The van der Waals surface area contributed by atoms with Crippen molar-refractivity contribution in [2.75, 3.05) is 0 Å². The predicted molar refractivity (Wildman–Crippen MR) is 43.8 cm³/mol. The molecule has 0 saturated heterocycles. The van der Waals surface area contributed by atoms with Gasteiger partial charge in [-0.3, -0.25) is 0 Å². The third kappa shape index (κ3) is 1.42. The Morgan fingerprint density at radius 1 is 1.54 bits per heavy atom. The minimum absolute atomic E-state index is 0.0966. The maximum atomic E-state index is 10.3. The maximum Gasteiger partial charge on any atom is 0.511 e. The van der Waals surface area contributed by atoms with E-state index in [0.717, 1.165) is 0 Å². The fourth-order valence-electron chi connectivity index (χ4n) is 1.40. The lowest BCUT2D eigenvalue weighted by atomic mass is 9.98. The molecule has 1 heterocycles. The number of hydrogen-bond acceptors (Lipinski definition) is 3. The molecule has 0 aromatic carbocycles. The van der Waals surface area contributed by atoms with Gasteiger partial charge in [0, 0.05) is 5.92 Å². The van der Waals surface area contributed by atoms with Crippen LogP contribution in [0, 0.1) is 5.92 Å². The summed E-state index contributed by atoms with van der Waals surface area (Å²) >= 11 is 0. The number of ether oxygens (including phenoxy) is 2. The summed E-state index contributed by atoms with van der Waals surface area (Å²) in [7, 11) is 0. The molecule has 2 aliphatic rings. The fourth-order valence-corrected chi connectivity index (χ4v) is 1.40. The number of carboxylic acid groups (broad SMARTS) is 1. The lowest BCUT2D eigenvalue weighted by Crippen LogP contribution is -2.23. The van der Waals surface area contributed by atoms with Gasteiger partial charge in [-0.15, -0.1) is 0 Å². The van der Waals surface area contributed by atoms with E-state index in [0.29, 0.717) is 5.76 Å². The summed E-state index contributed by atoms with van der Waals surface area (Å²) in [5.74, 6) is 0.435. The van der Waals surface area contributed by atoms with E-state index >= 15 is 0 Å². The summed E-state index contributed by atoms with van der Waals surface area (Å²) in [5, 5.41) is 8.42. The molecule has 0 spiro atoms. The summed E-state index contributed by atoms with van der Waals surface area (Å²) in [4.78, 5) is 10.3. The average Bonchev–Trinajstić information content (AvgIpc) is 2.51. The number of hydrogen-bond donors (Lipinski definition) is 1. The van der Waals surface area contributed by atoms with Crippen molar-refractivity contribution in [2.45, 2.75) is 6.10 Å². The van der Waals surface area contributed by atoms with Crippen LogP contribution >= 0.6 is 0 Å². The minimum Gasteiger partial charge on any atom is -0.489 e. The van der Waals surface area contributed by atoms with Crippen molar-refractivity contribution in [3.63, 3.8) is 0 Å². The van der Waals surface area contributed by atoms with Gasteiger partial charge in [0.05, 0.1) is 6.26 Å². The fraction of sp³-hybridized carbons (Fsp3) is 0.222. The summed E-state index contributed by atoms with van der Waals surface area (Å²) in [6.07, 6.45) is 7.10. The second-order valence-corrected chi connectivity index (χ2v) is 2.78. The van der Waals surface area contributed by atoms with Gasteiger partial charge in [0.25, 0.3) is 0 Å². The van der Waals surface area contributed by atoms with Crippen LogP contribution in [0.2, 0.25) is 0 Å². The quantitative estimate of drug-likeness (QED) is 0.623. The molecule has 0 radical (unpaired) electrons. The first-order valence-corrected chi connectivity index (χ1v) is 3.88. The number of allylic oxidation sites excluding steroid dienone is 2. The van der Waals surface area contributed by atoms with E-state index in [2.05, 4.69) is 4.74 Å². The van der Waals surface area contributed by atoms with Gasteiger partial charge >= 0.3 is 6.16 Å². The SMILES string of the molecule is O=C(O)OC1=CC=CC2C=COC12. The molecule has 13 heavy (non-hydrogen) atoms. The van der Waals surface area contributed by atoms with Gasteiger partial charge in [-0.1, -0.05) is 12.2 Å². The standard InChI is InChI=1S/C9H8O4/c10-9(11)13-7-3-1-2-6-4-5-12-8(6)7/h1-6,8H,(H,10,11). The molecule has 0 fully saturated rings. The maximum absolute atomic E-state index is 10.3. The molecule has 4 nitrogen and oxygen atoms in total. The van der Waals surface area contributed by atoms with E-state index in [1.54, 1.807) is 18.4 Å². The van der Waals surface area contributed by atoms with E-state index in [4.69, 9.17) is 9.84 Å². The van der Waals surface area contributed by atoms with Crippen molar-refractivity contribution in [3.8, 4) is 0 Å². The monoisotopic (exact) mass is 180 g/mol. The van der Waals surface area contributed by atoms with Crippen LogP contribution in [0.4, 0.5) is 4.79 Å². The van der Waals surface area contributed by atoms with Crippen molar-refractivity contribution in [3.05, 3.63) is 36.3 Å². The third-order valence-corrected chi connectivity index (χ3v) is 1.95. The Bertz CT molecular complexity index is 314. The molecule has 0 bridgehead atoms. The summed E-state index contributed by atoms with van der Waals surface area (Å²) < 4.78 is 9.75. The average molecular weight is 180 g/mol. The molecule has 2 rings (SSSR count). The number of carbonyl (C=O) groups is 1. The molecule has 2 unspecified atom stereocenters. The van der Waals surface area contributed by atoms with Crippen LogP contribution in [0.3, 0.4) is 0 Å². The van der Waals surface area contributed by atoms with Crippen LogP contribution in [0.15, 0.2) is 36.3 Å². The number of fused-ring (bicyclic) bond motifs is 1. The largest absolute Gasteiger partial charge is 0.511 e. The van der Waals surface area contributed by atoms with E-state index in [9.17, 15) is 4.79 Å². The van der Waals surface area contributed by atoms with Gasteiger partial charge in [-0.05, 0) is 12.2 Å². The van der Waals surface area contributed by atoms with Gasteiger partial charge < -0.3 is 14.6 Å². The summed E-state index contributed by atoms with van der Waals surface area (Å²) in [5.41, 5.74) is 0. The first-order valence-electron chi connectivity index (χ1n) is 3.88. The second-order valence-electron chi connectivity index (χ2n) is 2.78. The van der Waals surface area contributed by atoms with Crippen molar-refractivity contribution in [1.82, 2.24) is 0 Å². The normalized spacial score (nSPS) is 29.1. The van der Waals surface area contributed by atoms with Gasteiger partial charge in [-0.25, -0.2) is 4.79 Å². The van der Waals surface area contributed by atoms with E-state index in [1.165, 1.54) is 0 Å². The summed E-state index contributed by atoms with van der Waals surface area (Å²) in [6, 6.07) is 0. The van der Waals surface area contributed by atoms with Gasteiger partial charge in [0.15, 0.2) is 11.9 Å². The smallest absolute Gasteiger partial charge is 0.489 e. The lowest BCUT2D eigenvalue weighted by molar-refractivity contribution is 0.0756. The molecule has 2 atom stereocenters. The third-order valence-electron chi connectivity index (χ3n) is 1.95. The van der Waals surface area contributed by atoms with Crippen LogP contribution in [0.1, 0.15) is 0 Å². The molecule has 1 aliphatic heterocycles. The van der Waals surface area contributed by atoms with E-state index in [1.807, 2.05) is 12.2 Å². The molecular weight excluding hydrogens is 172 g/mol. The zero-order valence-corrected chi connectivity index (χ0v) is 6.71. The van der Waals surface area contributed by atoms with Gasteiger partial charge in [-0.2, -0.15) is 0 Å². The molecule has 0 aromatic rings. The van der Waals surface area contributed by atoms with Gasteiger partial charge in [0.1, 0.15) is 0 Å². The van der Waals surface area contributed by atoms with Crippen molar-refractivity contribution < 1.29 is 19.4 Å². The molecule has 4 heteroatoms. The molecule has 0 saturated carbocycles. The Hall–Kier alpha value is -1.71. The zero-order valence-electron chi connectivity index (χ0n) is 6.71. The molecular formula is C9H8O4. The highest BCUT2D eigenvalue weighted by Gasteiger charge is 2.30. The van der Waals surface area contributed by atoms with Crippen molar-refractivity contribution in [2.24, 2.45) is 5.92 Å². The first-order chi connectivity index (χ1) is 6.27. The molecule has 0 amide bonds. The summed E-state index contributed by atoms with van der Waals surface area (Å²) in [6.45, 7) is 0. The molecule has 1 aliphatic carbocycles. The van der Waals surface area contributed by atoms with Crippen LogP contribution in [0.5, 0.6) is 0 Å². The number of rotatable bonds is 1. The Balaban J connectivity index is 2.14. The minimum atomic E-state index is -1.31. The highest BCUT2D eigenvalue weighted by Crippen LogP contribution is 2.29. The Morgan fingerprint density at radius 2 is 2.38 bits per heavy atom. The molecule has 1 N–H and O–H groups in total. The predicted octanol–water partition coefficient (Wildman–Crippen LogP) is 1.66. The van der Waals surface area contributed by atoms with E-state index in [-0.39, 0.29) is 12.0 Å². The molecule has 0 aromatic heterocycles. The van der Waals surface area contributed by atoms with Crippen LogP contribution in [-0.2, 0) is 9.47 Å². The Morgan fingerprint density at radius 3 is 3.15 bits per heavy atom. The molecule has 68 valence electrons. The highest BCUT2D eigenvalue weighted by molar-refractivity contribution is 5.59. The van der Waals surface area contributed by atoms with Crippen molar-refractivity contribution in [1.29, 1.82) is 0 Å².